The van der Waals surface area contributed by atoms with Crippen molar-refractivity contribution < 1.29 is 14.6 Å². The van der Waals surface area contributed by atoms with E-state index in [9.17, 15) is 9.90 Å². The minimum atomic E-state index is -0.603. The smallest absolute Gasteiger partial charge is 0.232 e. The minimum Gasteiger partial charge on any atom is -0.426 e. The predicted molar refractivity (Wildman–Crippen MR) is 128 cm³/mol. The Balaban J connectivity index is 2.21. The molecule has 172 valence electrons. The molecule has 1 aliphatic heterocycles. The maximum atomic E-state index is 13.1. The summed E-state index contributed by atoms with van der Waals surface area (Å²) >= 11 is 0. The van der Waals surface area contributed by atoms with Crippen molar-refractivity contribution in [3.8, 4) is 0 Å². The van der Waals surface area contributed by atoms with Crippen LogP contribution >= 0.6 is 0 Å². The molecular formula is C24H33N5O3. The van der Waals surface area contributed by atoms with E-state index in [0.717, 1.165) is 17.7 Å². The molecule has 0 aromatic heterocycles. The Labute approximate surface area is 189 Å². The van der Waals surface area contributed by atoms with Crippen molar-refractivity contribution in [3.05, 3.63) is 60.4 Å². The van der Waals surface area contributed by atoms with Gasteiger partial charge >= 0.3 is 0 Å². The van der Waals surface area contributed by atoms with Gasteiger partial charge in [-0.2, -0.15) is 0 Å². The fourth-order valence-corrected chi connectivity index (χ4v) is 3.66. The Bertz CT molecular complexity index is 897. The summed E-state index contributed by atoms with van der Waals surface area (Å²) in [5, 5.41) is 27.8. The molecule has 0 saturated heterocycles. The molecule has 0 aromatic rings. The van der Waals surface area contributed by atoms with E-state index < -0.39 is 5.92 Å². The molecule has 3 atom stereocenters. The zero-order valence-electron chi connectivity index (χ0n) is 19.0. The molecule has 0 aromatic carbocycles. The minimum absolute atomic E-state index is 0.0227. The number of aliphatic imine (C=N–C) groups is 1. The van der Waals surface area contributed by atoms with Crippen LogP contribution in [0.25, 0.3) is 0 Å². The highest BCUT2D eigenvalue weighted by Crippen LogP contribution is 2.24. The molecule has 1 heterocycles. The van der Waals surface area contributed by atoms with E-state index in [0.29, 0.717) is 18.7 Å². The lowest BCUT2D eigenvalue weighted by Crippen LogP contribution is -2.46. The molecule has 0 spiro atoms. The van der Waals surface area contributed by atoms with Gasteiger partial charge in [0.25, 0.3) is 0 Å². The number of hydrogen-bond acceptors (Lipinski definition) is 7. The second-order valence-electron chi connectivity index (χ2n) is 7.64. The Morgan fingerprint density at radius 1 is 1.47 bits per heavy atom. The third-order valence-corrected chi connectivity index (χ3v) is 5.25. The summed E-state index contributed by atoms with van der Waals surface area (Å²) in [6.07, 6.45) is 13.2. The fourth-order valence-electron chi connectivity index (χ4n) is 3.66. The predicted octanol–water partition coefficient (Wildman–Crippen LogP) is 2.75. The van der Waals surface area contributed by atoms with Crippen molar-refractivity contribution in [2.75, 3.05) is 19.7 Å². The first-order chi connectivity index (χ1) is 15.3. The standard InChI is InChI=1S/C24H33N5O3/c1-5-21-18(8-7-16(3)28-21)11-12-27-24(31)20-15-19(23(26)32-17(4)25)9-10-22(20)29(6-2)13-14-30/h5,8-12,15-16,20,22,25-26,30H,1,6-7,13-14H2,2-4H3,(H,27,31)/b12-11+,25-17?,26-23?. The van der Waals surface area contributed by atoms with Crippen molar-refractivity contribution in [1.82, 2.24) is 10.2 Å². The third-order valence-electron chi connectivity index (χ3n) is 5.25. The highest BCUT2D eigenvalue weighted by atomic mass is 16.5. The Kier molecular flexibility index (Phi) is 9.49. The monoisotopic (exact) mass is 439 g/mol. The lowest BCUT2D eigenvalue weighted by Gasteiger charge is -2.34. The number of hydrogen-bond donors (Lipinski definition) is 4. The molecular weight excluding hydrogens is 406 g/mol. The van der Waals surface area contributed by atoms with E-state index in [4.69, 9.17) is 15.6 Å². The number of aliphatic hydroxyl groups is 1. The average molecular weight is 440 g/mol. The van der Waals surface area contributed by atoms with Crippen LogP contribution in [0.3, 0.4) is 0 Å². The number of rotatable bonds is 9. The summed E-state index contributed by atoms with van der Waals surface area (Å²) in [7, 11) is 0. The molecule has 8 nitrogen and oxygen atoms in total. The maximum absolute atomic E-state index is 13.1. The molecule has 1 amide bonds. The van der Waals surface area contributed by atoms with Gasteiger partial charge in [0.15, 0.2) is 5.90 Å². The van der Waals surface area contributed by atoms with Crippen molar-refractivity contribution in [2.24, 2.45) is 10.9 Å². The number of ether oxygens (including phenoxy) is 1. The third kappa shape index (κ3) is 6.70. The van der Waals surface area contributed by atoms with E-state index in [1.54, 1.807) is 30.5 Å². The molecule has 8 heteroatoms. The summed E-state index contributed by atoms with van der Waals surface area (Å²) in [6, 6.07) is -0.0694. The van der Waals surface area contributed by atoms with Crippen LogP contribution in [-0.4, -0.2) is 65.2 Å². The van der Waals surface area contributed by atoms with E-state index in [-0.39, 0.29) is 36.4 Å². The van der Waals surface area contributed by atoms with Gasteiger partial charge in [0, 0.05) is 31.3 Å². The number of allylic oxidation sites excluding steroid dienone is 3. The van der Waals surface area contributed by atoms with Gasteiger partial charge in [-0.15, -0.1) is 0 Å². The first-order valence-electron chi connectivity index (χ1n) is 10.7. The van der Waals surface area contributed by atoms with Gasteiger partial charge in [-0.3, -0.25) is 25.5 Å². The molecule has 2 aliphatic rings. The van der Waals surface area contributed by atoms with Crippen LogP contribution in [0.15, 0.2) is 65.4 Å². The maximum Gasteiger partial charge on any atom is 0.232 e. The number of carbonyl (C=O) groups excluding carboxylic acids is 1. The Morgan fingerprint density at radius 3 is 2.84 bits per heavy atom. The van der Waals surface area contributed by atoms with Crippen LogP contribution in [0, 0.1) is 16.7 Å². The van der Waals surface area contributed by atoms with Crippen LogP contribution in [-0.2, 0) is 9.53 Å². The van der Waals surface area contributed by atoms with Gasteiger partial charge < -0.3 is 15.2 Å². The Morgan fingerprint density at radius 2 is 2.22 bits per heavy atom. The topological polar surface area (TPSA) is 122 Å². The van der Waals surface area contributed by atoms with Crippen molar-refractivity contribution in [3.63, 3.8) is 0 Å². The van der Waals surface area contributed by atoms with Gasteiger partial charge in [-0.05, 0) is 37.6 Å². The summed E-state index contributed by atoms with van der Waals surface area (Å²) < 4.78 is 5.10. The van der Waals surface area contributed by atoms with Crippen molar-refractivity contribution >= 4 is 23.4 Å². The Hall–Kier alpha value is -3.10. The van der Waals surface area contributed by atoms with Crippen molar-refractivity contribution in [2.45, 2.75) is 39.3 Å². The first-order valence-corrected chi connectivity index (χ1v) is 10.7. The van der Waals surface area contributed by atoms with Crippen LogP contribution < -0.4 is 5.32 Å². The van der Waals surface area contributed by atoms with Gasteiger partial charge in [0.05, 0.1) is 24.3 Å². The van der Waals surface area contributed by atoms with Crippen LogP contribution in [0.2, 0.25) is 0 Å². The zero-order chi connectivity index (χ0) is 23.7. The molecule has 0 bridgehead atoms. The number of amides is 1. The van der Waals surface area contributed by atoms with Gasteiger partial charge in [0.1, 0.15) is 0 Å². The van der Waals surface area contributed by atoms with Crippen LogP contribution in [0.4, 0.5) is 0 Å². The van der Waals surface area contributed by atoms with Gasteiger partial charge in [-0.25, -0.2) is 0 Å². The molecule has 32 heavy (non-hydrogen) atoms. The quantitative estimate of drug-likeness (QED) is 0.326. The van der Waals surface area contributed by atoms with Crippen molar-refractivity contribution in [1.29, 1.82) is 10.8 Å². The summed E-state index contributed by atoms with van der Waals surface area (Å²) in [5.41, 5.74) is 2.13. The molecule has 0 saturated carbocycles. The zero-order valence-corrected chi connectivity index (χ0v) is 19.0. The van der Waals surface area contributed by atoms with Crippen LogP contribution in [0.5, 0.6) is 0 Å². The van der Waals surface area contributed by atoms with E-state index >= 15 is 0 Å². The summed E-state index contributed by atoms with van der Waals surface area (Å²) in [6.45, 7) is 10.3. The number of nitrogens with zero attached hydrogens (tertiary/aromatic N) is 2. The molecule has 0 fully saturated rings. The number of dihydropyridines is 1. The van der Waals surface area contributed by atoms with E-state index in [1.165, 1.54) is 6.92 Å². The SMILES string of the molecule is C=CC1=NC(C)CC=C1/C=C/NC(=O)C1C=C(C(=N)OC(C)=N)C=CC1N(CC)CCO. The molecule has 0 radical (unpaired) electrons. The molecule has 2 rings (SSSR count). The lowest BCUT2D eigenvalue weighted by molar-refractivity contribution is -0.124. The molecule has 3 unspecified atom stereocenters. The highest BCUT2D eigenvalue weighted by molar-refractivity contribution is 6.10. The number of aliphatic hydroxyl groups excluding tert-OH is 1. The number of carbonyl (C=O) groups is 1. The largest absolute Gasteiger partial charge is 0.426 e. The summed E-state index contributed by atoms with van der Waals surface area (Å²) in [5.74, 6) is -1.13. The number of nitrogens with one attached hydrogen (secondary N) is 3. The van der Waals surface area contributed by atoms with E-state index in [2.05, 4.69) is 23.0 Å². The highest BCUT2D eigenvalue weighted by Gasteiger charge is 2.32. The van der Waals surface area contributed by atoms with E-state index in [1.807, 2.05) is 24.8 Å². The average Bonchev–Trinajstić information content (AvgIpc) is 2.77. The van der Waals surface area contributed by atoms with Gasteiger partial charge in [-0.1, -0.05) is 37.8 Å². The lowest BCUT2D eigenvalue weighted by atomic mass is 9.89. The first kappa shape index (κ1) is 25.2. The van der Waals surface area contributed by atoms with Crippen LogP contribution in [0.1, 0.15) is 27.2 Å². The second kappa shape index (κ2) is 12.1. The van der Waals surface area contributed by atoms with Gasteiger partial charge in [0.2, 0.25) is 11.8 Å². The number of likely N-dealkylation sites (N-methyl/N-ethyl adjacent to an activating group) is 1. The molecule has 1 aliphatic carbocycles. The normalized spacial score (nSPS) is 22.8. The second-order valence-corrected chi connectivity index (χ2v) is 7.64. The molecule has 4 N–H and O–H groups in total. The summed E-state index contributed by atoms with van der Waals surface area (Å²) in [4.78, 5) is 19.7. The fraction of sp³-hybridized carbons (Fsp3) is 0.417.